The first kappa shape index (κ1) is 15.6. The number of carbonyl (C=O) groups is 2. The fraction of sp³-hybridized carbons (Fsp3) is 0.444. The number of nitrogens with one attached hydrogen (secondary N) is 1. The average molecular weight is 314 g/mol. The average Bonchev–Trinajstić information content (AvgIpc) is 3.01. The number of hydrogen-bond donors (Lipinski definition) is 1. The van der Waals surface area contributed by atoms with Gasteiger partial charge in [0.25, 0.3) is 5.91 Å². The topological polar surface area (TPSA) is 58.6 Å². The van der Waals surface area contributed by atoms with Gasteiger partial charge in [0, 0.05) is 31.1 Å². The highest BCUT2D eigenvalue weighted by Gasteiger charge is 2.44. The quantitative estimate of drug-likeness (QED) is 0.928. The third-order valence-corrected chi connectivity index (χ3v) is 5.00. The van der Waals surface area contributed by atoms with E-state index in [1.165, 1.54) is 0 Å². The van der Waals surface area contributed by atoms with Crippen LogP contribution in [0.2, 0.25) is 0 Å². The molecule has 1 saturated heterocycles. The molecule has 2 aliphatic rings. The summed E-state index contributed by atoms with van der Waals surface area (Å²) in [5.41, 5.74) is 1.49. The van der Waals surface area contributed by atoms with Gasteiger partial charge in [0.1, 0.15) is 5.75 Å². The van der Waals surface area contributed by atoms with Crippen LogP contribution in [0.3, 0.4) is 0 Å². The van der Waals surface area contributed by atoms with Crippen LogP contribution in [-0.4, -0.2) is 37.4 Å². The van der Waals surface area contributed by atoms with Gasteiger partial charge in [-0.1, -0.05) is 18.2 Å². The molecule has 1 aliphatic heterocycles. The fourth-order valence-electron chi connectivity index (χ4n) is 3.67. The maximum absolute atomic E-state index is 12.5. The molecule has 1 aromatic rings. The maximum Gasteiger partial charge on any atom is 0.255 e. The third-order valence-electron chi connectivity index (χ3n) is 5.00. The van der Waals surface area contributed by atoms with E-state index in [-0.39, 0.29) is 17.2 Å². The van der Waals surface area contributed by atoms with Gasteiger partial charge in [-0.15, -0.1) is 0 Å². The van der Waals surface area contributed by atoms with Crippen molar-refractivity contribution in [2.24, 2.45) is 5.41 Å². The molecule has 5 heteroatoms. The first-order chi connectivity index (χ1) is 11.1. The summed E-state index contributed by atoms with van der Waals surface area (Å²) in [4.78, 5) is 26.2. The van der Waals surface area contributed by atoms with Crippen molar-refractivity contribution in [1.82, 2.24) is 10.2 Å². The van der Waals surface area contributed by atoms with Crippen molar-refractivity contribution in [2.45, 2.75) is 25.7 Å². The first-order valence-corrected chi connectivity index (χ1v) is 7.96. The minimum atomic E-state index is -0.136. The van der Waals surface area contributed by atoms with Gasteiger partial charge in [-0.25, -0.2) is 0 Å². The Kier molecular flexibility index (Phi) is 4.11. The second kappa shape index (κ2) is 6.07. The van der Waals surface area contributed by atoms with E-state index >= 15 is 0 Å². The molecule has 23 heavy (non-hydrogen) atoms. The zero-order chi connectivity index (χ0) is 16.4. The van der Waals surface area contributed by atoms with Gasteiger partial charge in [-0.3, -0.25) is 9.59 Å². The minimum Gasteiger partial charge on any atom is -0.496 e. The number of nitrogens with zero attached hydrogens (tertiary/aromatic N) is 1. The zero-order valence-corrected chi connectivity index (χ0v) is 13.6. The SMILES string of the molecule is COc1ccccc1C(=O)NCC12CCC=C1N(C)C(=O)CC2. The molecule has 1 unspecified atom stereocenters. The number of para-hydroxylation sites is 1. The highest BCUT2D eigenvalue weighted by Crippen LogP contribution is 2.46. The van der Waals surface area contributed by atoms with E-state index in [4.69, 9.17) is 4.74 Å². The lowest BCUT2D eigenvalue weighted by Gasteiger charge is -2.41. The van der Waals surface area contributed by atoms with Crippen molar-refractivity contribution >= 4 is 11.8 Å². The van der Waals surface area contributed by atoms with E-state index < -0.39 is 0 Å². The molecule has 3 rings (SSSR count). The molecule has 2 amide bonds. The van der Waals surface area contributed by atoms with Gasteiger partial charge >= 0.3 is 0 Å². The molecule has 0 radical (unpaired) electrons. The number of allylic oxidation sites excluding steroid dienone is 1. The molecule has 0 bridgehead atoms. The molecule has 5 nitrogen and oxygen atoms in total. The van der Waals surface area contributed by atoms with Crippen molar-refractivity contribution in [3.05, 3.63) is 41.6 Å². The standard InChI is InChI=1S/C18H22N2O3/c1-20-15-8-5-10-18(15,11-9-16(20)21)12-19-17(22)13-6-3-4-7-14(13)23-2/h3-4,6-8H,5,9-12H2,1-2H3,(H,19,22). The van der Waals surface area contributed by atoms with Crippen LogP contribution in [0.5, 0.6) is 5.75 Å². The lowest BCUT2D eigenvalue weighted by Crippen LogP contribution is -2.46. The number of methoxy groups -OCH3 is 1. The number of piperidine rings is 1. The number of amides is 2. The number of likely N-dealkylation sites (tertiary alicyclic amines) is 1. The summed E-state index contributed by atoms with van der Waals surface area (Å²) in [6.45, 7) is 0.549. The number of fused-ring (bicyclic) bond motifs is 1. The Morgan fingerprint density at radius 3 is 2.91 bits per heavy atom. The van der Waals surface area contributed by atoms with E-state index in [9.17, 15) is 9.59 Å². The molecule has 1 fully saturated rings. The Morgan fingerprint density at radius 2 is 2.13 bits per heavy atom. The molecule has 0 aromatic heterocycles. The van der Waals surface area contributed by atoms with Crippen LogP contribution < -0.4 is 10.1 Å². The number of rotatable bonds is 4. The second-order valence-electron chi connectivity index (χ2n) is 6.24. The van der Waals surface area contributed by atoms with Crippen LogP contribution in [0.25, 0.3) is 0 Å². The molecular formula is C18H22N2O3. The predicted molar refractivity (Wildman–Crippen MR) is 87.1 cm³/mol. The van der Waals surface area contributed by atoms with Gasteiger partial charge in [0.2, 0.25) is 5.91 Å². The maximum atomic E-state index is 12.5. The Bertz CT molecular complexity index is 668. The van der Waals surface area contributed by atoms with Crippen molar-refractivity contribution in [1.29, 1.82) is 0 Å². The van der Waals surface area contributed by atoms with E-state index in [0.717, 1.165) is 25.0 Å². The van der Waals surface area contributed by atoms with Gasteiger partial charge in [-0.05, 0) is 31.4 Å². The molecule has 1 atom stereocenters. The smallest absolute Gasteiger partial charge is 0.255 e. The molecule has 122 valence electrons. The summed E-state index contributed by atoms with van der Waals surface area (Å²) in [6, 6.07) is 7.20. The van der Waals surface area contributed by atoms with E-state index in [1.807, 2.05) is 19.2 Å². The Balaban J connectivity index is 1.74. The summed E-state index contributed by atoms with van der Waals surface area (Å²) in [7, 11) is 3.39. The fourth-order valence-corrected chi connectivity index (χ4v) is 3.67. The lowest BCUT2D eigenvalue weighted by molar-refractivity contribution is -0.131. The minimum absolute atomic E-state index is 0.111. The van der Waals surface area contributed by atoms with Gasteiger partial charge in [0.15, 0.2) is 0 Å². The van der Waals surface area contributed by atoms with Gasteiger partial charge < -0.3 is 15.0 Å². The molecule has 1 aliphatic carbocycles. The summed E-state index contributed by atoms with van der Waals surface area (Å²) >= 11 is 0. The Hall–Kier alpha value is -2.30. The van der Waals surface area contributed by atoms with Gasteiger partial charge in [0.05, 0.1) is 12.7 Å². The van der Waals surface area contributed by atoms with Crippen molar-refractivity contribution in [2.75, 3.05) is 20.7 Å². The third kappa shape index (κ3) is 2.71. The predicted octanol–water partition coefficient (Wildman–Crippen LogP) is 2.34. The lowest BCUT2D eigenvalue weighted by atomic mass is 9.77. The molecular weight excluding hydrogens is 292 g/mol. The van der Waals surface area contributed by atoms with Crippen LogP contribution >= 0.6 is 0 Å². The Morgan fingerprint density at radius 1 is 1.35 bits per heavy atom. The molecule has 1 heterocycles. The highest BCUT2D eigenvalue weighted by atomic mass is 16.5. The summed E-state index contributed by atoms with van der Waals surface area (Å²) in [5, 5.41) is 3.04. The number of ether oxygens (including phenoxy) is 1. The van der Waals surface area contributed by atoms with Gasteiger partial charge in [-0.2, -0.15) is 0 Å². The molecule has 1 aromatic carbocycles. The normalized spacial score (nSPS) is 23.3. The first-order valence-electron chi connectivity index (χ1n) is 7.96. The highest BCUT2D eigenvalue weighted by molar-refractivity contribution is 5.97. The Labute approximate surface area is 136 Å². The van der Waals surface area contributed by atoms with Crippen LogP contribution in [0, 0.1) is 5.41 Å². The molecule has 0 spiro atoms. The summed E-state index contributed by atoms with van der Waals surface area (Å²) < 4.78 is 5.25. The van der Waals surface area contributed by atoms with Crippen LogP contribution in [0.4, 0.5) is 0 Å². The molecule has 1 N–H and O–H groups in total. The van der Waals surface area contributed by atoms with Crippen LogP contribution in [0.1, 0.15) is 36.0 Å². The number of benzene rings is 1. The second-order valence-corrected chi connectivity index (χ2v) is 6.24. The van der Waals surface area contributed by atoms with E-state index in [1.54, 1.807) is 24.1 Å². The number of carbonyl (C=O) groups excluding carboxylic acids is 2. The molecule has 0 saturated carbocycles. The monoisotopic (exact) mass is 314 g/mol. The van der Waals surface area contributed by atoms with E-state index in [0.29, 0.717) is 24.3 Å². The van der Waals surface area contributed by atoms with Crippen LogP contribution in [0.15, 0.2) is 36.0 Å². The van der Waals surface area contributed by atoms with Crippen molar-refractivity contribution in [3.8, 4) is 5.75 Å². The number of hydrogen-bond acceptors (Lipinski definition) is 3. The van der Waals surface area contributed by atoms with Crippen LogP contribution in [-0.2, 0) is 4.79 Å². The zero-order valence-electron chi connectivity index (χ0n) is 13.6. The summed E-state index contributed by atoms with van der Waals surface area (Å²) in [5.74, 6) is 0.591. The largest absolute Gasteiger partial charge is 0.496 e. The summed E-state index contributed by atoms with van der Waals surface area (Å²) in [6.07, 6.45) is 5.41. The van der Waals surface area contributed by atoms with Crippen molar-refractivity contribution in [3.63, 3.8) is 0 Å². The van der Waals surface area contributed by atoms with E-state index in [2.05, 4.69) is 11.4 Å². The van der Waals surface area contributed by atoms with Crippen molar-refractivity contribution < 1.29 is 14.3 Å².